The quantitative estimate of drug-likeness (QED) is 0.766. The first-order valence-electron chi connectivity index (χ1n) is 6.76. The van der Waals surface area contributed by atoms with Crippen LogP contribution in [0.1, 0.15) is 6.42 Å². The topological polar surface area (TPSA) is 56.8 Å². The number of rotatable bonds is 6. The summed E-state index contributed by atoms with van der Waals surface area (Å²) in [5, 5.41) is 3.08. The van der Waals surface area contributed by atoms with Gasteiger partial charge in [0.25, 0.3) is 0 Å². The Morgan fingerprint density at radius 1 is 1.30 bits per heavy atom. The van der Waals surface area contributed by atoms with Gasteiger partial charge in [-0.2, -0.15) is 0 Å². The number of piperazine rings is 1. The zero-order chi connectivity index (χ0) is 14.6. The molecule has 6 nitrogen and oxygen atoms in total. The van der Waals surface area contributed by atoms with Crippen molar-refractivity contribution in [1.82, 2.24) is 14.2 Å². The molecule has 1 aliphatic rings. The van der Waals surface area contributed by atoms with Gasteiger partial charge in [0.1, 0.15) is 0 Å². The fourth-order valence-electron chi connectivity index (χ4n) is 2.19. The lowest BCUT2D eigenvalue weighted by atomic mass is 10.3. The highest BCUT2D eigenvalue weighted by molar-refractivity contribution is 7.89. The molecular weight excluding hydrogens is 296 g/mol. The number of sulfonamides is 1. The predicted octanol–water partition coefficient (Wildman–Crippen LogP) is 0.547. The van der Waals surface area contributed by atoms with E-state index in [0.717, 1.165) is 37.9 Å². The van der Waals surface area contributed by atoms with Crippen LogP contribution in [0.2, 0.25) is 0 Å². The summed E-state index contributed by atoms with van der Waals surface area (Å²) in [5.74, 6) is 0.229. The smallest absolute Gasteiger partial charge is 0.213 e. The molecule has 0 N–H and O–H groups in total. The number of hydrogen-bond acceptors (Lipinski definition) is 6. The van der Waals surface area contributed by atoms with E-state index in [4.69, 9.17) is 0 Å². The first-order valence-corrected chi connectivity index (χ1v) is 9.25. The van der Waals surface area contributed by atoms with Crippen LogP contribution in [0.15, 0.2) is 11.6 Å². The minimum absolute atomic E-state index is 0.229. The number of hydrogen-bond donors (Lipinski definition) is 0. The van der Waals surface area contributed by atoms with Crippen LogP contribution in [-0.2, 0) is 10.0 Å². The molecule has 2 rings (SSSR count). The molecule has 8 heteroatoms. The Morgan fingerprint density at radius 2 is 2.00 bits per heavy atom. The molecule has 1 aromatic rings. The van der Waals surface area contributed by atoms with Gasteiger partial charge in [-0.15, -0.1) is 11.3 Å². The standard InChI is InChI=1S/C12H22N4O2S2/c1-14(2)20(17,18)11-3-5-15-6-8-16(9-7-15)12-13-4-10-19-12/h4,10H,3,5-9,11H2,1-2H3. The van der Waals surface area contributed by atoms with Crippen molar-refractivity contribution in [3.8, 4) is 0 Å². The largest absolute Gasteiger partial charge is 0.346 e. The molecule has 0 amide bonds. The Hall–Kier alpha value is -0.700. The van der Waals surface area contributed by atoms with Gasteiger partial charge in [-0.05, 0) is 13.0 Å². The van der Waals surface area contributed by atoms with Crippen molar-refractivity contribution >= 4 is 26.5 Å². The fourth-order valence-corrected chi connectivity index (χ4v) is 3.74. The van der Waals surface area contributed by atoms with Crippen molar-refractivity contribution in [3.05, 3.63) is 11.6 Å². The van der Waals surface area contributed by atoms with Crippen LogP contribution in [0.4, 0.5) is 5.13 Å². The van der Waals surface area contributed by atoms with E-state index in [0.29, 0.717) is 6.42 Å². The van der Waals surface area contributed by atoms with Crippen molar-refractivity contribution < 1.29 is 8.42 Å². The highest BCUT2D eigenvalue weighted by Gasteiger charge is 2.19. The molecule has 0 aliphatic carbocycles. The normalized spacial score (nSPS) is 17.9. The fraction of sp³-hybridized carbons (Fsp3) is 0.750. The van der Waals surface area contributed by atoms with Gasteiger partial charge in [0.2, 0.25) is 10.0 Å². The van der Waals surface area contributed by atoms with E-state index < -0.39 is 10.0 Å². The van der Waals surface area contributed by atoms with Gasteiger partial charge in [0, 0.05) is 51.9 Å². The number of nitrogens with zero attached hydrogens (tertiary/aromatic N) is 4. The van der Waals surface area contributed by atoms with Crippen molar-refractivity contribution in [2.75, 3.05) is 57.5 Å². The van der Waals surface area contributed by atoms with Gasteiger partial charge in [-0.3, -0.25) is 4.90 Å². The summed E-state index contributed by atoms with van der Waals surface area (Å²) in [6, 6.07) is 0. The van der Waals surface area contributed by atoms with Crippen molar-refractivity contribution in [2.24, 2.45) is 0 Å². The van der Waals surface area contributed by atoms with E-state index in [1.165, 1.54) is 4.31 Å². The van der Waals surface area contributed by atoms with Crippen LogP contribution >= 0.6 is 11.3 Å². The lowest BCUT2D eigenvalue weighted by Crippen LogP contribution is -2.46. The molecule has 0 aromatic carbocycles. The molecule has 2 heterocycles. The maximum absolute atomic E-state index is 11.7. The average molecular weight is 318 g/mol. The molecule has 1 aromatic heterocycles. The molecular formula is C12H22N4O2S2. The summed E-state index contributed by atoms with van der Waals surface area (Å²) >= 11 is 1.67. The second kappa shape index (κ2) is 6.84. The molecule has 1 aliphatic heterocycles. The van der Waals surface area contributed by atoms with Crippen LogP contribution < -0.4 is 4.90 Å². The first-order chi connectivity index (χ1) is 9.49. The number of aromatic nitrogens is 1. The van der Waals surface area contributed by atoms with Gasteiger partial charge in [-0.1, -0.05) is 0 Å². The molecule has 1 saturated heterocycles. The maximum atomic E-state index is 11.7. The second-order valence-corrected chi connectivity index (χ2v) is 8.27. The SMILES string of the molecule is CN(C)S(=O)(=O)CCCN1CCN(c2nccs2)CC1. The number of anilines is 1. The lowest BCUT2D eigenvalue weighted by molar-refractivity contribution is 0.258. The van der Waals surface area contributed by atoms with E-state index >= 15 is 0 Å². The summed E-state index contributed by atoms with van der Waals surface area (Å²) in [4.78, 5) is 8.94. The van der Waals surface area contributed by atoms with Gasteiger partial charge in [0.15, 0.2) is 5.13 Å². The maximum Gasteiger partial charge on any atom is 0.213 e. The summed E-state index contributed by atoms with van der Waals surface area (Å²) in [7, 11) is 0.114. The highest BCUT2D eigenvalue weighted by atomic mass is 32.2. The van der Waals surface area contributed by atoms with E-state index in [2.05, 4.69) is 14.8 Å². The van der Waals surface area contributed by atoms with Gasteiger partial charge in [0.05, 0.1) is 5.75 Å². The molecule has 0 atom stereocenters. The number of thiazole rings is 1. The molecule has 0 spiro atoms. The molecule has 0 bridgehead atoms. The Kier molecular flexibility index (Phi) is 5.36. The Labute approximate surface area is 125 Å². The third kappa shape index (κ3) is 4.15. The predicted molar refractivity (Wildman–Crippen MR) is 82.9 cm³/mol. The molecule has 0 unspecified atom stereocenters. The summed E-state index contributed by atoms with van der Waals surface area (Å²) in [5.41, 5.74) is 0. The zero-order valence-electron chi connectivity index (χ0n) is 12.0. The molecule has 0 radical (unpaired) electrons. The van der Waals surface area contributed by atoms with Crippen molar-refractivity contribution in [3.63, 3.8) is 0 Å². The molecule has 1 fully saturated rings. The third-order valence-electron chi connectivity index (χ3n) is 3.50. The van der Waals surface area contributed by atoms with E-state index in [1.807, 2.05) is 11.6 Å². The van der Waals surface area contributed by atoms with Crippen LogP contribution in [0, 0.1) is 0 Å². The molecule has 0 saturated carbocycles. The van der Waals surface area contributed by atoms with Gasteiger partial charge >= 0.3 is 0 Å². The zero-order valence-corrected chi connectivity index (χ0v) is 13.7. The third-order valence-corrected chi connectivity index (χ3v) is 6.24. The summed E-state index contributed by atoms with van der Waals surface area (Å²) < 4.78 is 24.6. The van der Waals surface area contributed by atoms with Crippen molar-refractivity contribution in [2.45, 2.75) is 6.42 Å². The van der Waals surface area contributed by atoms with E-state index in [9.17, 15) is 8.42 Å². The highest BCUT2D eigenvalue weighted by Crippen LogP contribution is 2.18. The average Bonchev–Trinajstić information content (AvgIpc) is 2.93. The van der Waals surface area contributed by atoms with Crippen LogP contribution in [-0.4, -0.2) is 75.2 Å². The summed E-state index contributed by atoms with van der Waals surface area (Å²) in [6.07, 6.45) is 2.52. The first kappa shape index (κ1) is 15.7. The minimum Gasteiger partial charge on any atom is -0.346 e. The van der Waals surface area contributed by atoms with Crippen LogP contribution in [0.3, 0.4) is 0 Å². The molecule has 20 heavy (non-hydrogen) atoms. The minimum atomic E-state index is -3.06. The van der Waals surface area contributed by atoms with E-state index in [1.54, 1.807) is 25.4 Å². The van der Waals surface area contributed by atoms with Gasteiger partial charge in [-0.25, -0.2) is 17.7 Å². The Balaban J connectivity index is 1.70. The summed E-state index contributed by atoms with van der Waals surface area (Å²) in [6.45, 7) is 4.73. The van der Waals surface area contributed by atoms with Gasteiger partial charge < -0.3 is 4.90 Å². The van der Waals surface area contributed by atoms with Crippen LogP contribution in [0.25, 0.3) is 0 Å². The second-order valence-electron chi connectivity index (χ2n) is 5.10. The lowest BCUT2D eigenvalue weighted by Gasteiger charge is -2.34. The molecule has 114 valence electrons. The van der Waals surface area contributed by atoms with Crippen molar-refractivity contribution in [1.29, 1.82) is 0 Å². The van der Waals surface area contributed by atoms with E-state index in [-0.39, 0.29) is 5.75 Å². The monoisotopic (exact) mass is 318 g/mol. The Morgan fingerprint density at radius 3 is 2.55 bits per heavy atom. The van der Waals surface area contributed by atoms with Crippen LogP contribution in [0.5, 0.6) is 0 Å². The Bertz CT molecular complexity index is 494.